The summed E-state index contributed by atoms with van der Waals surface area (Å²) >= 11 is 5.66. The average molecular weight is 600 g/mol. The summed E-state index contributed by atoms with van der Waals surface area (Å²) in [5, 5.41) is 0. The first-order valence-electron chi connectivity index (χ1n) is 9.44. The lowest BCUT2D eigenvalue weighted by atomic mass is 10.1. The standard InChI is InChI=1S/C22H19BrINO6/c1-3-28-19-10-13(5-8-18(19)30-12-20(26)29-4-2)9-17-22(27)31-21(25-17)14-6-7-16(24)15(23)11-14/h5-11H,3-4,12H2,1-2H3/b17-9-. The van der Waals surface area contributed by atoms with Crippen LogP contribution in [0.15, 0.2) is 51.6 Å². The van der Waals surface area contributed by atoms with Gasteiger partial charge in [-0.25, -0.2) is 14.6 Å². The van der Waals surface area contributed by atoms with Crippen molar-refractivity contribution in [3.05, 3.63) is 61.3 Å². The Hall–Kier alpha value is -2.40. The van der Waals surface area contributed by atoms with Crippen LogP contribution in [0.3, 0.4) is 0 Å². The van der Waals surface area contributed by atoms with E-state index < -0.39 is 11.9 Å². The summed E-state index contributed by atoms with van der Waals surface area (Å²) in [5.74, 6) is 0.0873. The summed E-state index contributed by atoms with van der Waals surface area (Å²) in [7, 11) is 0. The van der Waals surface area contributed by atoms with Gasteiger partial charge in [-0.15, -0.1) is 0 Å². The number of aliphatic imine (C=N–C) groups is 1. The molecular formula is C22H19BrINO6. The molecule has 0 atom stereocenters. The van der Waals surface area contributed by atoms with Crippen LogP contribution in [0.1, 0.15) is 25.0 Å². The van der Waals surface area contributed by atoms with Gasteiger partial charge in [0, 0.05) is 13.6 Å². The van der Waals surface area contributed by atoms with Gasteiger partial charge in [-0.2, -0.15) is 0 Å². The monoisotopic (exact) mass is 599 g/mol. The molecule has 162 valence electrons. The number of benzene rings is 2. The molecule has 0 saturated heterocycles. The number of hydrogen-bond acceptors (Lipinski definition) is 7. The summed E-state index contributed by atoms with van der Waals surface area (Å²) in [5.41, 5.74) is 1.54. The Labute approximate surface area is 201 Å². The van der Waals surface area contributed by atoms with E-state index in [2.05, 4.69) is 43.5 Å². The maximum absolute atomic E-state index is 12.3. The van der Waals surface area contributed by atoms with Crippen molar-refractivity contribution in [3.63, 3.8) is 0 Å². The Balaban J connectivity index is 1.83. The quantitative estimate of drug-likeness (QED) is 0.248. The van der Waals surface area contributed by atoms with Crippen LogP contribution < -0.4 is 9.47 Å². The van der Waals surface area contributed by atoms with Crippen molar-refractivity contribution < 1.29 is 28.5 Å². The fourth-order valence-electron chi connectivity index (χ4n) is 2.66. The van der Waals surface area contributed by atoms with Crippen LogP contribution in [-0.4, -0.2) is 37.7 Å². The van der Waals surface area contributed by atoms with E-state index in [4.69, 9.17) is 18.9 Å². The van der Waals surface area contributed by atoms with Crippen molar-refractivity contribution in [1.29, 1.82) is 0 Å². The van der Waals surface area contributed by atoms with Gasteiger partial charge >= 0.3 is 11.9 Å². The number of esters is 2. The molecule has 2 aromatic rings. The number of halogens is 2. The number of cyclic esters (lactones) is 1. The van der Waals surface area contributed by atoms with Crippen molar-refractivity contribution in [2.24, 2.45) is 4.99 Å². The zero-order valence-corrected chi connectivity index (χ0v) is 20.6. The fraction of sp³-hybridized carbons (Fsp3) is 0.227. The molecule has 0 amide bonds. The molecule has 0 saturated carbocycles. The van der Waals surface area contributed by atoms with E-state index in [1.165, 1.54) is 0 Å². The predicted molar refractivity (Wildman–Crippen MR) is 127 cm³/mol. The summed E-state index contributed by atoms with van der Waals surface area (Å²) in [4.78, 5) is 28.2. The first kappa shape index (κ1) is 23.3. The highest BCUT2D eigenvalue weighted by atomic mass is 127. The average Bonchev–Trinajstić information content (AvgIpc) is 3.10. The third kappa shape index (κ3) is 6.07. The van der Waals surface area contributed by atoms with Gasteiger partial charge in [0.2, 0.25) is 5.90 Å². The molecule has 0 bridgehead atoms. The maximum Gasteiger partial charge on any atom is 0.363 e. The van der Waals surface area contributed by atoms with Gasteiger partial charge in [0.05, 0.1) is 13.2 Å². The minimum absolute atomic E-state index is 0.173. The number of nitrogens with zero attached hydrogens (tertiary/aromatic N) is 1. The van der Waals surface area contributed by atoms with Gasteiger partial charge in [-0.3, -0.25) is 0 Å². The van der Waals surface area contributed by atoms with Crippen LogP contribution in [0.4, 0.5) is 0 Å². The smallest absolute Gasteiger partial charge is 0.363 e. The first-order chi connectivity index (χ1) is 14.9. The summed E-state index contributed by atoms with van der Waals surface area (Å²) in [6, 6.07) is 10.7. The van der Waals surface area contributed by atoms with Gasteiger partial charge < -0.3 is 18.9 Å². The highest BCUT2D eigenvalue weighted by molar-refractivity contribution is 14.1. The molecule has 1 aliphatic rings. The molecule has 0 aliphatic carbocycles. The lowest BCUT2D eigenvalue weighted by molar-refractivity contribution is -0.145. The Morgan fingerprint density at radius 2 is 1.94 bits per heavy atom. The van der Waals surface area contributed by atoms with Crippen LogP contribution in [0.2, 0.25) is 0 Å². The van der Waals surface area contributed by atoms with Crippen LogP contribution in [0.25, 0.3) is 6.08 Å². The van der Waals surface area contributed by atoms with Gasteiger partial charge in [0.25, 0.3) is 0 Å². The van der Waals surface area contributed by atoms with E-state index in [0.717, 1.165) is 8.04 Å². The summed E-state index contributed by atoms with van der Waals surface area (Å²) in [6.07, 6.45) is 1.61. The van der Waals surface area contributed by atoms with Gasteiger partial charge in [-0.1, -0.05) is 6.07 Å². The molecule has 9 heteroatoms. The highest BCUT2D eigenvalue weighted by Crippen LogP contribution is 2.30. The van der Waals surface area contributed by atoms with Crippen LogP contribution in [-0.2, 0) is 19.1 Å². The Morgan fingerprint density at radius 1 is 1.13 bits per heavy atom. The maximum atomic E-state index is 12.3. The van der Waals surface area contributed by atoms with Crippen molar-refractivity contribution in [1.82, 2.24) is 0 Å². The largest absolute Gasteiger partial charge is 0.490 e. The minimum Gasteiger partial charge on any atom is -0.490 e. The third-order valence-electron chi connectivity index (χ3n) is 4.01. The van der Waals surface area contributed by atoms with Crippen molar-refractivity contribution in [2.75, 3.05) is 19.8 Å². The van der Waals surface area contributed by atoms with Gasteiger partial charge in [0.1, 0.15) is 0 Å². The van der Waals surface area contributed by atoms with Crippen LogP contribution in [0.5, 0.6) is 11.5 Å². The zero-order chi connectivity index (χ0) is 22.4. The molecule has 1 heterocycles. The molecule has 3 rings (SSSR count). The molecule has 7 nitrogen and oxygen atoms in total. The van der Waals surface area contributed by atoms with Crippen LogP contribution in [0, 0.1) is 3.57 Å². The molecule has 0 spiro atoms. The number of ether oxygens (including phenoxy) is 4. The number of hydrogen-bond donors (Lipinski definition) is 0. The molecule has 31 heavy (non-hydrogen) atoms. The Kier molecular flexibility index (Phi) is 8.08. The lowest BCUT2D eigenvalue weighted by Crippen LogP contribution is -2.15. The zero-order valence-electron chi connectivity index (χ0n) is 16.8. The second kappa shape index (κ2) is 10.8. The molecule has 0 radical (unpaired) electrons. The van der Waals surface area contributed by atoms with Crippen molar-refractivity contribution in [3.8, 4) is 11.5 Å². The molecule has 0 fully saturated rings. The van der Waals surface area contributed by atoms with E-state index in [1.807, 2.05) is 25.1 Å². The predicted octanol–water partition coefficient (Wildman–Crippen LogP) is 4.74. The normalized spacial score (nSPS) is 14.3. The molecule has 2 aromatic carbocycles. The second-order valence-corrected chi connectivity index (χ2v) is 8.21. The van der Waals surface area contributed by atoms with Crippen molar-refractivity contribution in [2.45, 2.75) is 13.8 Å². The molecule has 0 unspecified atom stereocenters. The highest BCUT2D eigenvalue weighted by Gasteiger charge is 2.24. The summed E-state index contributed by atoms with van der Waals surface area (Å²) < 4.78 is 23.2. The van der Waals surface area contributed by atoms with E-state index in [9.17, 15) is 9.59 Å². The Bertz CT molecular complexity index is 1070. The van der Waals surface area contributed by atoms with Crippen LogP contribution >= 0.6 is 38.5 Å². The fourth-order valence-corrected chi connectivity index (χ4v) is 3.38. The molecule has 1 aliphatic heterocycles. The first-order valence-corrected chi connectivity index (χ1v) is 11.3. The molecule has 0 aromatic heterocycles. The second-order valence-electron chi connectivity index (χ2n) is 6.20. The van der Waals surface area contributed by atoms with Gasteiger partial charge in [0.15, 0.2) is 23.8 Å². The topological polar surface area (TPSA) is 83.4 Å². The summed E-state index contributed by atoms with van der Waals surface area (Å²) in [6.45, 7) is 4.03. The van der Waals surface area contributed by atoms with E-state index in [0.29, 0.717) is 29.2 Å². The Morgan fingerprint density at radius 3 is 2.65 bits per heavy atom. The number of carbonyl (C=O) groups excluding carboxylic acids is 2. The van der Waals surface area contributed by atoms with Gasteiger partial charge in [-0.05, 0) is 94.3 Å². The van der Waals surface area contributed by atoms with Crippen molar-refractivity contribution >= 4 is 62.4 Å². The number of rotatable bonds is 8. The van der Waals surface area contributed by atoms with E-state index in [1.54, 1.807) is 31.2 Å². The number of carbonyl (C=O) groups is 2. The lowest BCUT2D eigenvalue weighted by Gasteiger charge is -2.12. The minimum atomic E-state index is -0.537. The van der Waals surface area contributed by atoms with E-state index in [-0.39, 0.29) is 24.8 Å². The van der Waals surface area contributed by atoms with E-state index >= 15 is 0 Å². The molecule has 0 N–H and O–H groups in total. The molecular weight excluding hydrogens is 581 g/mol. The SMILES string of the molecule is CCOC(=O)COc1ccc(/C=C2\N=C(c3ccc(I)c(Br)c3)OC2=O)cc1OCC. The third-order valence-corrected chi connectivity index (χ3v) is 6.35.